The summed E-state index contributed by atoms with van der Waals surface area (Å²) < 4.78 is 15.7. The monoisotopic (exact) mass is 321 g/mol. The van der Waals surface area contributed by atoms with Gasteiger partial charge in [0.05, 0.1) is 21.3 Å². The number of rotatable bonds is 5. The molecule has 0 aliphatic heterocycles. The molecule has 2 rings (SSSR count). The summed E-state index contributed by atoms with van der Waals surface area (Å²) in [6.07, 6.45) is 0. The number of carbonyl (C=O) groups is 1. The van der Waals surface area contributed by atoms with E-state index in [0.717, 1.165) is 0 Å². The molecule has 0 aliphatic rings. The summed E-state index contributed by atoms with van der Waals surface area (Å²) in [5, 5.41) is 3.31. The highest BCUT2D eigenvalue weighted by molar-refractivity contribution is 6.31. The van der Waals surface area contributed by atoms with E-state index in [2.05, 4.69) is 5.32 Å². The second-order valence-corrected chi connectivity index (χ2v) is 4.81. The number of carbonyl (C=O) groups excluding carboxylic acids is 1. The molecule has 0 aliphatic carbocycles. The first-order chi connectivity index (χ1) is 10.6. The van der Waals surface area contributed by atoms with E-state index in [0.29, 0.717) is 33.5 Å². The van der Waals surface area contributed by atoms with E-state index in [1.54, 1.807) is 36.4 Å². The maximum Gasteiger partial charge on any atom is 0.255 e. The van der Waals surface area contributed by atoms with Crippen LogP contribution in [0.15, 0.2) is 36.4 Å². The Morgan fingerprint density at radius 3 is 2.14 bits per heavy atom. The van der Waals surface area contributed by atoms with Gasteiger partial charge in [0.1, 0.15) is 0 Å². The summed E-state index contributed by atoms with van der Waals surface area (Å²) in [5.41, 5.74) is 0.987. The predicted octanol–water partition coefficient (Wildman–Crippen LogP) is 3.62. The molecule has 22 heavy (non-hydrogen) atoms. The fourth-order valence-electron chi connectivity index (χ4n) is 1.98. The highest BCUT2D eigenvalue weighted by atomic mass is 35.5. The zero-order chi connectivity index (χ0) is 16.1. The molecule has 0 heterocycles. The SMILES string of the molecule is COc1cc(C(=O)Nc2cccc(Cl)c2)cc(OC)c1OC. The molecule has 0 saturated carbocycles. The molecule has 0 atom stereocenters. The van der Waals surface area contributed by atoms with Crippen molar-refractivity contribution in [1.82, 2.24) is 0 Å². The number of halogens is 1. The van der Waals surface area contributed by atoms with Crippen molar-refractivity contribution in [2.24, 2.45) is 0 Å². The Morgan fingerprint density at radius 1 is 1.00 bits per heavy atom. The summed E-state index contributed by atoms with van der Waals surface area (Å²) in [6, 6.07) is 10.1. The van der Waals surface area contributed by atoms with E-state index in [1.165, 1.54) is 21.3 Å². The van der Waals surface area contributed by atoms with Crippen molar-refractivity contribution in [3.05, 3.63) is 47.0 Å². The van der Waals surface area contributed by atoms with Gasteiger partial charge in [-0.25, -0.2) is 0 Å². The first-order valence-corrected chi connectivity index (χ1v) is 6.83. The molecule has 6 heteroatoms. The van der Waals surface area contributed by atoms with E-state index in [4.69, 9.17) is 25.8 Å². The molecule has 1 N–H and O–H groups in total. The molecule has 2 aromatic rings. The summed E-state index contributed by atoms with van der Waals surface area (Å²) in [7, 11) is 4.50. The van der Waals surface area contributed by atoms with Crippen LogP contribution < -0.4 is 19.5 Å². The van der Waals surface area contributed by atoms with Gasteiger partial charge in [-0.1, -0.05) is 17.7 Å². The minimum absolute atomic E-state index is 0.304. The number of benzene rings is 2. The lowest BCUT2D eigenvalue weighted by Gasteiger charge is -2.14. The van der Waals surface area contributed by atoms with Crippen LogP contribution in [0.2, 0.25) is 5.02 Å². The topological polar surface area (TPSA) is 56.8 Å². The fourth-order valence-corrected chi connectivity index (χ4v) is 2.17. The number of amides is 1. The Kier molecular flexibility index (Phi) is 5.12. The Hall–Kier alpha value is -2.40. The van der Waals surface area contributed by atoms with Crippen LogP contribution in [0.25, 0.3) is 0 Å². The third-order valence-corrected chi connectivity index (χ3v) is 3.24. The first-order valence-electron chi connectivity index (χ1n) is 6.46. The van der Waals surface area contributed by atoms with E-state index in [9.17, 15) is 4.79 Å². The van der Waals surface area contributed by atoms with Gasteiger partial charge in [-0.2, -0.15) is 0 Å². The van der Waals surface area contributed by atoms with Crippen molar-refractivity contribution >= 4 is 23.2 Å². The van der Waals surface area contributed by atoms with Crippen LogP contribution in [0, 0.1) is 0 Å². The van der Waals surface area contributed by atoms with Crippen LogP contribution in [-0.4, -0.2) is 27.2 Å². The van der Waals surface area contributed by atoms with Gasteiger partial charge in [0.25, 0.3) is 5.91 Å². The second-order valence-electron chi connectivity index (χ2n) is 4.38. The van der Waals surface area contributed by atoms with E-state index in [1.807, 2.05) is 0 Å². The Bertz CT molecular complexity index is 663. The normalized spacial score (nSPS) is 10.0. The number of hydrogen-bond donors (Lipinski definition) is 1. The lowest BCUT2D eigenvalue weighted by Crippen LogP contribution is -2.12. The smallest absolute Gasteiger partial charge is 0.255 e. The van der Waals surface area contributed by atoms with Crippen LogP contribution in [-0.2, 0) is 0 Å². The van der Waals surface area contributed by atoms with Crippen LogP contribution in [0.3, 0.4) is 0 Å². The third-order valence-electron chi connectivity index (χ3n) is 3.01. The number of ether oxygens (including phenoxy) is 3. The number of hydrogen-bond acceptors (Lipinski definition) is 4. The van der Waals surface area contributed by atoms with Crippen molar-refractivity contribution in [3.63, 3.8) is 0 Å². The molecule has 0 spiro atoms. The van der Waals surface area contributed by atoms with Crippen molar-refractivity contribution < 1.29 is 19.0 Å². The summed E-state index contributed by atoms with van der Waals surface area (Å²) in [5.74, 6) is 0.960. The fraction of sp³-hybridized carbons (Fsp3) is 0.188. The molecule has 0 aromatic heterocycles. The highest BCUT2D eigenvalue weighted by Gasteiger charge is 2.17. The van der Waals surface area contributed by atoms with Gasteiger partial charge in [0.2, 0.25) is 5.75 Å². The van der Waals surface area contributed by atoms with Crippen LogP contribution in [0.1, 0.15) is 10.4 Å². The van der Waals surface area contributed by atoms with Gasteiger partial charge in [0.15, 0.2) is 11.5 Å². The Morgan fingerprint density at radius 2 is 1.64 bits per heavy atom. The van der Waals surface area contributed by atoms with Crippen molar-refractivity contribution in [2.75, 3.05) is 26.6 Å². The van der Waals surface area contributed by atoms with Gasteiger partial charge >= 0.3 is 0 Å². The molecule has 0 fully saturated rings. The minimum Gasteiger partial charge on any atom is -0.493 e. The summed E-state index contributed by atoms with van der Waals surface area (Å²) in [6.45, 7) is 0. The molecular formula is C16H16ClNO4. The molecule has 0 bridgehead atoms. The van der Waals surface area contributed by atoms with Crippen LogP contribution in [0.4, 0.5) is 5.69 Å². The molecule has 0 saturated heterocycles. The zero-order valence-corrected chi connectivity index (χ0v) is 13.2. The maximum absolute atomic E-state index is 12.4. The molecular weight excluding hydrogens is 306 g/mol. The Balaban J connectivity index is 2.33. The molecule has 1 amide bonds. The lowest BCUT2D eigenvalue weighted by atomic mass is 10.1. The predicted molar refractivity (Wildman–Crippen MR) is 85.5 cm³/mol. The molecule has 0 unspecified atom stereocenters. The second kappa shape index (κ2) is 7.04. The molecule has 116 valence electrons. The average molecular weight is 322 g/mol. The lowest BCUT2D eigenvalue weighted by molar-refractivity contribution is 0.102. The van der Waals surface area contributed by atoms with E-state index >= 15 is 0 Å². The van der Waals surface area contributed by atoms with Crippen LogP contribution >= 0.6 is 11.6 Å². The Labute approximate surface area is 133 Å². The maximum atomic E-state index is 12.4. The van der Waals surface area contributed by atoms with E-state index in [-0.39, 0.29) is 5.91 Å². The zero-order valence-electron chi connectivity index (χ0n) is 12.5. The van der Waals surface area contributed by atoms with Gasteiger partial charge in [-0.3, -0.25) is 4.79 Å². The number of methoxy groups -OCH3 is 3. The largest absolute Gasteiger partial charge is 0.493 e. The summed E-state index contributed by atoms with van der Waals surface area (Å²) in [4.78, 5) is 12.4. The highest BCUT2D eigenvalue weighted by Crippen LogP contribution is 2.38. The van der Waals surface area contributed by atoms with Crippen molar-refractivity contribution in [3.8, 4) is 17.2 Å². The number of nitrogens with one attached hydrogen (secondary N) is 1. The molecule has 2 aromatic carbocycles. The van der Waals surface area contributed by atoms with Crippen molar-refractivity contribution in [2.45, 2.75) is 0 Å². The standard InChI is InChI=1S/C16H16ClNO4/c1-20-13-7-10(8-14(21-2)15(13)22-3)16(19)18-12-6-4-5-11(17)9-12/h4-9H,1-3H3,(H,18,19). The quantitative estimate of drug-likeness (QED) is 0.914. The van der Waals surface area contributed by atoms with Gasteiger partial charge in [-0.05, 0) is 30.3 Å². The van der Waals surface area contributed by atoms with Crippen molar-refractivity contribution in [1.29, 1.82) is 0 Å². The first kappa shape index (κ1) is 16.0. The van der Waals surface area contributed by atoms with Gasteiger partial charge in [-0.15, -0.1) is 0 Å². The molecule has 0 radical (unpaired) electrons. The van der Waals surface area contributed by atoms with E-state index < -0.39 is 0 Å². The average Bonchev–Trinajstić information content (AvgIpc) is 2.53. The van der Waals surface area contributed by atoms with Crippen LogP contribution in [0.5, 0.6) is 17.2 Å². The van der Waals surface area contributed by atoms with Gasteiger partial charge < -0.3 is 19.5 Å². The summed E-state index contributed by atoms with van der Waals surface area (Å²) >= 11 is 5.90. The van der Waals surface area contributed by atoms with Gasteiger partial charge in [0, 0.05) is 16.3 Å². The third kappa shape index (κ3) is 3.43. The molecule has 5 nitrogen and oxygen atoms in total. The minimum atomic E-state index is -0.304. The number of anilines is 1.